The van der Waals surface area contributed by atoms with Crippen LogP contribution in [-0.2, 0) is 13.1 Å². The van der Waals surface area contributed by atoms with E-state index in [0.29, 0.717) is 18.7 Å². The van der Waals surface area contributed by atoms with E-state index in [2.05, 4.69) is 0 Å². The number of nitrogens with zero attached hydrogens (tertiary/aromatic N) is 1. The average molecular weight is 239 g/mol. The number of carbonyl (C=O) groups excluding carboxylic acids is 1. The quantitative estimate of drug-likeness (QED) is 0.830. The Bertz CT molecular complexity index is 582. The molecule has 3 nitrogen and oxygen atoms in total. The van der Waals surface area contributed by atoms with E-state index in [1.807, 2.05) is 24.3 Å². The summed E-state index contributed by atoms with van der Waals surface area (Å²) in [6.45, 7) is 1.29. The van der Waals surface area contributed by atoms with Gasteiger partial charge in [0.25, 0.3) is 5.91 Å². The van der Waals surface area contributed by atoms with Gasteiger partial charge in [-0.15, -0.1) is 0 Å². The van der Waals surface area contributed by atoms with Crippen LogP contribution >= 0.6 is 0 Å². The van der Waals surface area contributed by atoms with E-state index < -0.39 is 0 Å². The van der Waals surface area contributed by atoms with Gasteiger partial charge in [-0.05, 0) is 29.3 Å². The number of benzene rings is 2. The largest absolute Gasteiger partial charge is 0.508 e. The van der Waals surface area contributed by atoms with E-state index in [1.54, 1.807) is 23.1 Å². The van der Waals surface area contributed by atoms with Gasteiger partial charge < -0.3 is 10.0 Å². The number of phenols is 1. The van der Waals surface area contributed by atoms with E-state index in [9.17, 15) is 9.90 Å². The molecule has 0 bridgehead atoms. The minimum Gasteiger partial charge on any atom is -0.508 e. The molecule has 0 atom stereocenters. The number of fused-ring (bicyclic) bond motifs is 1. The van der Waals surface area contributed by atoms with Crippen molar-refractivity contribution in [3.63, 3.8) is 0 Å². The fraction of sp³-hybridized carbons (Fsp3) is 0.133. The maximum atomic E-state index is 12.3. The standard InChI is InChI=1S/C15H13NO2/c17-14-7-3-6-11(8-14)15(18)16-9-12-4-1-2-5-13(12)10-16/h1-8,17H,9-10H2. The molecule has 0 fully saturated rings. The first-order valence-corrected chi connectivity index (χ1v) is 5.89. The molecule has 1 heterocycles. The summed E-state index contributed by atoms with van der Waals surface area (Å²) in [5.41, 5.74) is 2.93. The highest BCUT2D eigenvalue weighted by Crippen LogP contribution is 2.24. The molecule has 2 aromatic rings. The Kier molecular flexibility index (Phi) is 2.52. The van der Waals surface area contributed by atoms with Crippen LogP contribution in [0.2, 0.25) is 0 Å². The number of aromatic hydroxyl groups is 1. The Labute approximate surface area is 105 Å². The molecule has 3 rings (SSSR count). The third-order valence-corrected chi connectivity index (χ3v) is 3.22. The van der Waals surface area contributed by atoms with Gasteiger partial charge in [0.2, 0.25) is 0 Å². The first-order chi connectivity index (χ1) is 8.74. The summed E-state index contributed by atoms with van der Waals surface area (Å²) in [5, 5.41) is 9.41. The number of carbonyl (C=O) groups is 1. The van der Waals surface area contributed by atoms with Crippen LogP contribution in [0.5, 0.6) is 5.75 Å². The van der Waals surface area contributed by atoms with E-state index in [1.165, 1.54) is 17.2 Å². The van der Waals surface area contributed by atoms with Crippen molar-refractivity contribution in [3.8, 4) is 5.75 Å². The second-order valence-electron chi connectivity index (χ2n) is 4.48. The van der Waals surface area contributed by atoms with Gasteiger partial charge in [0.05, 0.1) is 0 Å². The van der Waals surface area contributed by atoms with Crippen LogP contribution < -0.4 is 0 Å². The molecule has 1 aliphatic heterocycles. The van der Waals surface area contributed by atoms with Crippen molar-refractivity contribution in [3.05, 3.63) is 65.2 Å². The summed E-state index contributed by atoms with van der Waals surface area (Å²) < 4.78 is 0. The maximum Gasteiger partial charge on any atom is 0.254 e. The van der Waals surface area contributed by atoms with Crippen LogP contribution in [0.25, 0.3) is 0 Å². The molecule has 90 valence electrons. The lowest BCUT2D eigenvalue weighted by atomic mass is 10.1. The van der Waals surface area contributed by atoms with Gasteiger partial charge in [0.15, 0.2) is 0 Å². The number of phenolic OH excluding ortho intramolecular Hbond substituents is 1. The molecule has 0 unspecified atom stereocenters. The molecule has 1 aliphatic rings. The van der Waals surface area contributed by atoms with Crippen LogP contribution in [0.4, 0.5) is 0 Å². The molecule has 0 aliphatic carbocycles. The zero-order chi connectivity index (χ0) is 12.5. The summed E-state index contributed by atoms with van der Waals surface area (Å²) in [6.07, 6.45) is 0. The minimum atomic E-state index is -0.0397. The van der Waals surface area contributed by atoms with Crippen LogP contribution in [0.3, 0.4) is 0 Å². The Balaban J connectivity index is 1.84. The lowest BCUT2D eigenvalue weighted by molar-refractivity contribution is 0.0751. The van der Waals surface area contributed by atoms with Crippen molar-refractivity contribution in [1.82, 2.24) is 4.90 Å². The molecule has 0 spiro atoms. The lowest BCUT2D eigenvalue weighted by Crippen LogP contribution is -2.25. The molecule has 1 amide bonds. The van der Waals surface area contributed by atoms with Crippen molar-refractivity contribution in [1.29, 1.82) is 0 Å². The van der Waals surface area contributed by atoms with Crippen molar-refractivity contribution in [2.45, 2.75) is 13.1 Å². The highest BCUT2D eigenvalue weighted by atomic mass is 16.3. The van der Waals surface area contributed by atoms with Gasteiger partial charge in [-0.3, -0.25) is 4.79 Å². The Hall–Kier alpha value is -2.29. The van der Waals surface area contributed by atoms with E-state index in [0.717, 1.165) is 0 Å². The van der Waals surface area contributed by atoms with Gasteiger partial charge in [-0.2, -0.15) is 0 Å². The van der Waals surface area contributed by atoms with Crippen molar-refractivity contribution in [2.24, 2.45) is 0 Å². The SMILES string of the molecule is O=C(c1cccc(O)c1)N1Cc2ccccc2C1. The van der Waals surface area contributed by atoms with Crippen molar-refractivity contribution >= 4 is 5.91 Å². The van der Waals surface area contributed by atoms with Gasteiger partial charge in [-0.25, -0.2) is 0 Å². The minimum absolute atomic E-state index is 0.0397. The van der Waals surface area contributed by atoms with Crippen LogP contribution in [0, 0.1) is 0 Å². The fourth-order valence-electron chi connectivity index (χ4n) is 2.30. The molecule has 18 heavy (non-hydrogen) atoms. The molecule has 1 N–H and O–H groups in total. The van der Waals surface area contributed by atoms with Crippen LogP contribution in [-0.4, -0.2) is 15.9 Å². The Morgan fingerprint density at radius 2 is 1.67 bits per heavy atom. The van der Waals surface area contributed by atoms with Gasteiger partial charge in [0.1, 0.15) is 5.75 Å². The maximum absolute atomic E-state index is 12.3. The van der Waals surface area contributed by atoms with Gasteiger partial charge in [-0.1, -0.05) is 30.3 Å². The van der Waals surface area contributed by atoms with Crippen molar-refractivity contribution < 1.29 is 9.90 Å². The second-order valence-corrected chi connectivity index (χ2v) is 4.48. The average Bonchev–Trinajstić information content (AvgIpc) is 2.81. The number of hydrogen-bond donors (Lipinski definition) is 1. The summed E-state index contributed by atoms with van der Waals surface area (Å²) >= 11 is 0. The summed E-state index contributed by atoms with van der Waals surface area (Å²) in [5.74, 6) is 0.0830. The molecule has 0 aromatic heterocycles. The van der Waals surface area contributed by atoms with Gasteiger partial charge >= 0.3 is 0 Å². The fourth-order valence-corrected chi connectivity index (χ4v) is 2.30. The first kappa shape index (κ1) is 10.8. The highest BCUT2D eigenvalue weighted by Gasteiger charge is 2.23. The predicted octanol–water partition coefficient (Wildman–Crippen LogP) is 2.55. The predicted molar refractivity (Wildman–Crippen MR) is 68.1 cm³/mol. The van der Waals surface area contributed by atoms with E-state index in [4.69, 9.17) is 0 Å². The second kappa shape index (κ2) is 4.18. The molecule has 0 saturated carbocycles. The van der Waals surface area contributed by atoms with Crippen molar-refractivity contribution in [2.75, 3.05) is 0 Å². The van der Waals surface area contributed by atoms with Crippen LogP contribution in [0.1, 0.15) is 21.5 Å². The molecule has 0 saturated heterocycles. The van der Waals surface area contributed by atoms with Crippen LogP contribution in [0.15, 0.2) is 48.5 Å². The molecular formula is C15H13NO2. The summed E-state index contributed by atoms with van der Waals surface area (Å²) in [6, 6.07) is 14.6. The highest BCUT2D eigenvalue weighted by molar-refractivity contribution is 5.94. The normalized spacial score (nSPS) is 13.4. The monoisotopic (exact) mass is 239 g/mol. The summed E-state index contributed by atoms with van der Waals surface area (Å²) in [4.78, 5) is 14.1. The van der Waals surface area contributed by atoms with E-state index >= 15 is 0 Å². The number of rotatable bonds is 1. The molecule has 2 aromatic carbocycles. The molecule has 3 heteroatoms. The smallest absolute Gasteiger partial charge is 0.254 e. The van der Waals surface area contributed by atoms with E-state index in [-0.39, 0.29) is 11.7 Å². The van der Waals surface area contributed by atoms with Gasteiger partial charge in [0, 0.05) is 18.7 Å². The molecule has 0 radical (unpaired) electrons. The Morgan fingerprint density at radius 1 is 1.00 bits per heavy atom. The summed E-state index contributed by atoms with van der Waals surface area (Å²) in [7, 11) is 0. The topological polar surface area (TPSA) is 40.5 Å². The third-order valence-electron chi connectivity index (χ3n) is 3.22. The number of hydrogen-bond acceptors (Lipinski definition) is 2. The zero-order valence-electron chi connectivity index (χ0n) is 9.84. The Morgan fingerprint density at radius 3 is 2.28 bits per heavy atom. The lowest BCUT2D eigenvalue weighted by Gasteiger charge is -2.15. The third kappa shape index (κ3) is 1.84. The first-order valence-electron chi connectivity index (χ1n) is 5.89. The molecular weight excluding hydrogens is 226 g/mol. The number of amides is 1. The zero-order valence-corrected chi connectivity index (χ0v) is 9.84.